The van der Waals surface area contributed by atoms with Crippen molar-refractivity contribution in [2.45, 2.75) is 26.9 Å². The molecule has 0 unspecified atom stereocenters. The van der Waals surface area contributed by atoms with Crippen molar-refractivity contribution in [3.8, 4) is 0 Å². The van der Waals surface area contributed by atoms with Crippen LogP contribution in [-0.4, -0.2) is 33.2 Å². The number of esters is 1. The summed E-state index contributed by atoms with van der Waals surface area (Å²) in [5.41, 5.74) is 5.05. The largest absolute Gasteiger partial charge is 0.452 e. The van der Waals surface area contributed by atoms with E-state index in [4.69, 9.17) is 4.74 Å². The van der Waals surface area contributed by atoms with E-state index in [9.17, 15) is 9.59 Å². The lowest BCUT2D eigenvalue weighted by atomic mass is 10.1. The molecule has 2 aromatic carbocycles. The van der Waals surface area contributed by atoms with Crippen LogP contribution in [0.5, 0.6) is 0 Å². The number of hydrogen-bond donors (Lipinski definition) is 1. The summed E-state index contributed by atoms with van der Waals surface area (Å²) >= 11 is 0. The highest BCUT2D eigenvalue weighted by molar-refractivity contribution is 6.03. The van der Waals surface area contributed by atoms with Gasteiger partial charge in [0.1, 0.15) is 0 Å². The summed E-state index contributed by atoms with van der Waals surface area (Å²) in [6.45, 7) is 4.54. The molecule has 0 aliphatic heterocycles. The summed E-state index contributed by atoms with van der Waals surface area (Å²) in [6, 6.07) is 18.9. The number of nitrogens with one attached hydrogen (secondary N) is 1. The van der Waals surface area contributed by atoms with Gasteiger partial charge in [0.15, 0.2) is 6.61 Å². The number of hydrogen-bond acceptors (Lipinski definition) is 5. The number of fused-ring (bicyclic) bond motifs is 1. The molecule has 2 heterocycles. The van der Waals surface area contributed by atoms with Gasteiger partial charge in [-0.25, -0.2) is 4.79 Å². The predicted octanol–water partition coefficient (Wildman–Crippen LogP) is 3.57. The molecule has 0 saturated carbocycles. The second-order valence-corrected chi connectivity index (χ2v) is 7.52. The Hall–Kier alpha value is -4.00. The lowest BCUT2D eigenvalue weighted by Crippen LogP contribution is -2.28. The molecular formula is C25H24N4O3. The molecule has 0 spiro atoms. The average Bonchev–Trinajstić information content (AvgIpc) is 3.08. The molecule has 1 N–H and O–H groups in total. The third-order valence-electron chi connectivity index (χ3n) is 5.37. The first kappa shape index (κ1) is 21.2. The Labute approximate surface area is 186 Å². The number of pyridine rings is 1. The van der Waals surface area contributed by atoms with E-state index in [0.717, 1.165) is 22.5 Å². The van der Waals surface area contributed by atoms with Crippen molar-refractivity contribution >= 4 is 22.8 Å². The molecule has 0 atom stereocenters. The predicted molar refractivity (Wildman–Crippen MR) is 121 cm³/mol. The zero-order valence-electron chi connectivity index (χ0n) is 18.0. The maximum Gasteiger partial charge on any atom is 0.339 e. The molecule has 0 saturated heterocycles. The highest BCUT2D eigenvalue weighted by Gasteiger charge is 2.16. The molecule has 0 radical (unpaired) electrons. The fourth-order valence-corrected chi connectivity index (χ4v) is 3.63. The Morgan fingerprint density at radius 3 is 2.62 bits per heavy atom. The number of aryl methyl sites for hydroxylation is 1. The minimum atomic E-state index is -0.554. The first-order chi connectivity index (χ1) is 15.5. The molecule has 1 amide bonds. The lowest BCUT2D eigenvalue weighted by molar-refractivity contribution is -0.124. The maximum atomic E-state index is 12.5. The van der Waals surface area contributed by atoms with Gasteiger partial charge in [-0.2, -0.15) is 5.10 Å². The van der Waals surface area contributed by atoms with Crippen molar-refractivity contribution in [1.82, 2.24) is 20.1 Å². The van der Waals surface area contributed by atoms with Crippen LogP contribution >= 0.6 is 0 Å². The minimum Gasteiger partial charge on any atom is -0.452 e. The number of rotatable bonds is 7. The molecule has 7 heteroatoms. The second-order valence-electron chi connectivity index (χ2n) is 7.52. The van der Waals surface area contributed by atoms with Crippen molar-refractivity contribution in [2.24, 2.45) is 0 Å². The summed E-state index contributed by atoms with van der Waals surface area (Å²) < 4.78 is 7.16. The van der Waals surface area contributed by atoms with Gasteiger partial charge in [0, 0.05) is 29.4 Å². The second kappa shape index (κ2) is 9.43. The van der Waals surface area contributed by atoms with E-state index in [1.54, 1.807) is 30.5 Å². The Balaban J connectivity index is 1.35. The maximum absolute atomic E-state index is 12.5. The quantitative estimate of drug-likeness (QED) is 0.455. The van der Waals surface area contributed by atoms with E-state index in [1.165, 1.54) is 0 Å². The molecule has 0 fully saturated rings. The molecular weight excluding hydrogens is 404 g/mol. The van der Waals surface area contributed by atoms with Crippen LogP contribution in [0.1, 0.15) is 32.9 Å². The monoisotopic (exact) mass is 428 g/mol. The van der Waals surface area contributed by atoms with Crippen LogP contribution in [0.15, 0.2) is 66.9 Å². The smallest absolute Gasteiger partial charge is 0.339 e. The Kier molecular flexibility index (Phi) is 6.26. The fourth-order valence-electron chi connectivity index (χ4n) is 3.63. The van der Waals surface area contributed by atoms with Gasteiger partial charge in [-0.3, -0.25) is 14.5 Å². The summed E-state index contributed by atoms with van der Waals surface area (Å²) in [5.74, 6) is -0.923. The first-order valence-corrected chi connectivity index (χ1v) is 10.4. The number of aromatic nitrogens is 3. The van der Waals surface area contributed by atoms with Gasteiger partial charge in [-0.05, 0) is 37.6 Å². The van der Waals surface area contributed by atoms with Gasteiger partial charge in [-0.1, -0.05) is 42.5 Å². The first-order valence-electron chi connectivity index (χ1n) is 10.4. The van der Waals surface area contributed by atoms with Crippen LogP contribution in [0, 0.1) is 13.8 Å². The number of carbonyl (C=O) groups is 2. The minimum absolute atomic E-state index is 0.320. The Morgan fingerprint density at radius 1 is 1.00 bits per heavy atom. The topological polar surface area (TPSA) is 86.1 Å². The van der Waals surface area contributed by atoms with E-state index < -0.39 is 5.97 Å². The van der Waals surface area contributed by atoms with Crippen LogP contribution < -0.4 is 5.32 Å². The molecule has 0 aliphatic rings. The third-order valence-corrected chi connectivity index (χ3v) is 5.37. The number of benzene rings is 2. The van der Waals surface area contributed by atoms with Gasteiger partial charge in [-0.15, -0.1) is 0 Å². The molecule has 0 aliphatic carbocycles. The van der Waals surface area contributed by atoms with Gasteiger partial charge in [0.25, 0.3) is 5.91 Å². The van der Waals surface area contributed by atoms with Crippen molar-refractivity contribution in [3.05, 3.63) is 94.9 Å². The van der Waals surface area contributed by atoms with Crippen molar-refractivity contribution in [3.63, 3.8) is 0 Å². The van der Waals surface area contributed by atoms with Crippen LogP contribution in [0.3, 0.4) is 0 Å². The lowest BCUT2D eigenvalue weighted by Gasteiger charge is -2.09. The zero-order valence-corrected chi connectivity index (χ0v) is 18.0. The number of ether oxygens (including phenoxy) is 1. The number of nitrogens with zero attached hydrogens (tertiary/aromatic N) is 3. The highest BCUT2D eigenvalue weighted by atomic mass is 16.5. The normalized spacial score (nSPS) is 10.8. The van der Waals surface area contributed by atoms with Gasteiger partial charge in [0.2, 0.25) is 0 Å². The average molecular weight is 428 g/mol. The van der Waals surface area contributed by atoms with Crippen LogP contribution in [0.2, 0.25) is 0 Å². The summed E-state index contributed by atoms with van der Waals surface area (Å²) in [4.78, 5) is 29.0. The van der Waals surface area contributed by atoms with Crippen LogP contribution in [0.25, 0.3) is 10.9 Å². The van der Waals surface area contributed by atoms with E-state index in [2.05, 4.69) is 27.5 Å². The Morgan fingerprint density at radius 2 is 1.81 bits per heavy atom. The molecule has 162 valence electrons. The van der Waals surface area contributed by atoms with E-state index >= 15 is 0 Å². The number of carbonyl (C=O) groups excluding carboxylic acids is 2. The number of amides is 1. The van der Waals surface area contributed by atoms with Gasteiger partial charge >= 0.3 is 5.97 Å². The van der Waals surface area contributed by atoms with Crippen molar-refractivity contribution < 1.29 is 14.3 Å². The van der Waals surface area contributed by atoms with E-state index in [1.807, 2.05) is 42.8 Å². The Bertz CT molecular complexity index is 1260. The van der Waals surface area contributed by atoms with E-state index in [-0.39, 0.29) is 12.5 Å². The highest BCUT2D eigenvalue weighted by Crippen LogP contribution is 2.17. The van der Waals surface area contributed by atoms with Crippen LogP contribution in [-0.2, 0) is 22.6 Å². The molecule has 4 aromatic rings. The van der Waals surface area contributed by atoms with Crippen molar-refractivity contribution in [1.29, 1.82) is 0 Å². The third kappa shape index (κ3) is 4.67. The summed E-state index contributed by atoms with van der Waals surface area (Å²) in [7, 11) is 0. The zero-order chi connectivity index (χ0) is 22.5. The fraction of sp³-hybridized carbons (Fsp3) is 0.200. The molecule has 0 bridgehead atoms. The summed E-state index contributed by atoms with van der Waals surface area (Å²) in [5, 5.41) is 8.11. The van der Waals surface area contributed by atoms with E-state index in [0.29, 0.717) is 29.6 Å². The summed E-state index contributed by atoms with van der Waals surface area (Å²) in [6.07, 6.45) is 1.66. The molecule has 7 nitrogen and oxygen atoms in total. The van der Waals surface area contributed by atoms with Crippen LogP contribution in [0.4, 0.5) is 0 Å². The van der Waals surface area contributed by atoms with Gasteiger partial charge in [0.05, 0.1) is 23.3 Å². The standard InChI is InChI=1S/C25H24N4O3/c1-17-22(18(2)29(28-17)15-19-8-4-3-5-9-19)14-27-24(30)16-32-25(31)21-10-6-12-23-20(21)11-7-13-26-23/h3-13H,14-16H2,1-2H3,(H,27,30). The van der Waals surface area contributed by atoms with Gasteiger partial charge < -0.3 is 10.1 Å². The SMILES string of the molecule is Cc1nn(Cc2ccccc2)c(C)c1CNC(=O)COC(=O)c1cccc2ncccc12. The molecule has 4 rings (SSSR count). The molecule has 2 aromatic heterocycles. The van der Waals surface area contributed by atoms with Crippen molar-refractivity contribution in [2.75, 3.05) is 6.61 Å². The molecule has 32 heavy (non-hydrogen) atoms.